The van der Waals surface area contributed by atoms with E-state index in [0.29, 0.717) is 12.5 Å². The predicted molar refractivity (Wildman–Crippen MR) is 115 cm³/mol. The Labute approximate surface area is 172 Å². The molecule has 152 valence electrons. The van der Waals surface area contributed by atoms with Gasteiger partial charge in [0.2, 0.25) is 5.91 Å². The van der Waals surface area contributed by atoms with Gasteiger partial charge in [-0.25, -0.2) is 4.39 Å². The Morgan fingerprint density at radius 3 is 2.75 bits per heavy atom. The first-order valence-electron chi connectivity index (χ1n) is 9.55. The molecular formula is C22H29ClFN3O. The largest absolute Gasteiger partial charge is 0.324 e. The van der Waals surface area contributed by atoms with Crippen molar-refractivity contribution in [3.05, 3.63) is 65.0 Å². The van der Waals surface area contributed by atoms with Crippen LogP contribution in [-0.2, 0) is 4.79 Å². The van der Waals surface area contributed by atoms with E-state index in [4.69, 9.17) is 0 Å². The number of benzene rings is 2. The minimum Gasteiger partial charge on any atom is -0.324 e. The van der Waals surface area contributed by atoms with Crippen LogP contribution in [0.1, 0.15) is 42.5 Å². The molecule has 28 heavy (non-hydrogen) atoms. The van der Waals surface area contributed by atoms with Gasteiger partial charge in [0.15, 0.2) is 0 Å². The average molecular weight is 406 g/mol. The summed E-state index contributed by atoms with van der Waals surface area (Å²) in [5, 5.41) is 6.46. The van der Waals surface area contributed by atoms with Crippen LogP contribution >= 0.6 is 12.4 Å². The lowest BCUT2D eigenvalue weighted by molar-refractivity contribution is -0.118. The van der Waals surface area contributed by atoms with Gasteiger partial charge < -0.3 is 10.6 Å². The molecule has 0 radical (unpaired) electrons. The Morgan fingerprint density at radius 2 is 2.04 bits per heavy atom. The van der Waals surface area contributed by atoms with Crippen molar-refractivity contribution in [3.8, 4) is 0 Å². The predicted octanol–water partition coefficient (Wildman–Crippen LogP) is 4.26. The van der Waals surface area contributed by atoms with Gasteiger partial charge in [-0.15, -0.1) is 12.4 Å². The number of carbonyl (C=O) groups is 1. The maximum Gasteiger partial charge on any atom is 0.238 e. The first kappa shape index (κ1) is 22.3. The van der Waals surface area contributed by atoms with Crippen molar-refractivity contribution < 1.29 is 9.18 Å². The molecule has 2 aromatic rings. The van der Waals surface area contributed by atoms with Gasteiger partial charge in [-0.3, -0.25) is 9.69 Å². The zero-order chi connectivity index (χ0) is 19.4. The number of piperazine rings is 1. The van der Waals surface area contributed by atoms with Crippen molar-refractivity contribution >= 4 is 24.0 Å². The number of carbonyl (C=O) groups excluding carboxylic acids is 1. The SMILES string of the molecule is Cc1cccc(C(C)C)c1NC(=O)CN1CCNCC1c1cccc(F)c1.Cl. The molecular weight excluding hydrogens is 377 g/mol. The highest BCUT2D eigenvalue weighted by Crippen LogP contribution is 2.28. The lowest BCUT2D eigenvalue weighted by Crippen LogP contribution is -2.48. The van der Waals surface area contributed by atoms with Gasteiger partial charge in [0.05, 0.1) is 6.54 Å². The molecule has 0 bridgehead atoms. The molecule has 1 aliphatic rings. The second-order valence-corrected chi connectivity index (χ2v) is 7.49. The summed E-state index contributed by atoms with van der Waals surface area (Å²) < 4.78 is 13.6. The lowest BCUT2D eigenvalue weighted by atomic mass is 9.98. The summed E-state index contributed by atoms with van der Waals surface area (Å²) in [5.74, 6) is 0.0536. The third-order valence-electron chi connectivity index (χ3n) is 5.13. The molecule has 1 unspecified atom stereocenters. The molecule has 2 N–H and O–H groups in total. The fourth-order valence-corrected chi connectivity index (χ4v) is 3.68. The molecule has 1 saturated heterocycles. The molecule has 1 aliphatic heterocycles. The Kier molecular flexibility index (Phi) is 7.98. The standard InChI is InChI=1S/C22H28FN3O.ClH/c1-15(2)19-9-4-6-16(3)22(19)25-21(27)14-26-11-10-24-13-20(26)17-7-5-8-18(23)12-17;/h4-9,12,15,20,24H,10-11,13-14H2,1-3H3,(H,25,27);1H. The fraction of sp³-hybridized carbons (Fsp3) is 0.409. The Bertz CT molecular complexity index is 812. The van der Waals surface area contributed by atoms with E-state index in [-0.39, 0.29) is 36.7 Å². The molecule has 0 aromatic heterocycles. The van der Waals surface area contributed by atoms with Crippen molar-refractivity contribution in [2.24, 2.45) is 0 Å². The van der Waals surface area contributed by atoms with Crippen molar-refractivity contribution in [1.29, 1.82) is 0 Å². The normalized spacial score (nSPS) is 17.2. The number of anilines is 1. The van der Waals surface area contributed by atoms with Crippen LogP contribution in [0.4, 0.5) is 10.1 Å². The Morgan fingerprint density at radius 1 is 1.29 bits per heavy atom. The topological polar surface area (TPSA) is 44.4 Å². The van der Waals surface area contributed by atoms with Crippen LogP contribution in [0.5, 0.6) is 0 Å². The van der Waals surface area contributed by atoms with E-state index in [1.54, 1.807) is 12.1 Å². The maximum atomic E-state index is 13.6. The van der Waals surface area contributed by atoms with Gasteiger partial charge in [-0.1, -0.05) is 44.2 Å². The van der Waals surface area contributed by atoms with Crippen LogP contribution < -0.4 is 10.6 Å². The molecule has 0 spiro atoms. The van der Waals surface area contributed by atoms with E-state index in [1.165, 1.54) is 6.07 Å². The quantitative estimate of drug-likeness (QED) is 0.781. The second-order valence-electron chi connectivity index (χ2n) is 7.49. The molecule has 1 heterocycles. The Balaban J connectivity index is 0.00000280. The van der Waals surface area contributed by atoms with Gasteiger partial charge in [-0.05, 0) is 41.7 Å². The van der Waals surface area contributed by atoms with Gasteiger partial charge in [-0.2, -0.15) is 0 Å². The van der Waals surface area contributed by atoms with Gasteiger partial charge in [0.1, 0.15) is 5.82 Å². The summed E-state index contributed by atoms with van der Waals surface area (Å²) in [4.78, 5) is 14.9. The number of nitrogens with one attached hydrogen (secondary N) is 2. The summed E-state index contributed by atoms with van der Waals surface area (Å²) in [7, 11) is 0. The molecule has 3 rings (SSSR count). The number of rotatable bonds is 5. The van der Waals surface area contributed by atoms with Gasteiger partial charge in [0, 0.05) is 31.4 Å². The highest BCUT2D eigenvalue weighted by Gasteiger charge is 2.26. The lowest BCUT2D eigenvalue weighted by Gasteiger charge is -2.36. The summed E-state index contributed by atoms with van der Waals surface area (Å²) in [5.41, 5.74) is 4.02. The highest BCUT2D eigenvalue weighted by molar-refractivity contribution is 5.94. The number of para-hydroxylation sites is 1. The van der Waals surface area contributed by atoms with E-state index in [1.807, 2.05) is 25.1 Å². The van der Waals surface area contributed by atoms with Crippen LogP contribution in [0.3, 0.4) is 0 Å². The van der Waals surface area contributed by atoms with Crippen molar-refractivity contribution in [3.63, 3.8) is 0 Å². The number of halogens is 2. The summed E-state index contributed by atoms with van der Waals surface area (Å²) >= 11 is 0. The molecule has 0 saturated carbocycles. The molecule has 6 heteroatoms. The number of amides is 1. The average Bonchev–Trinajstić information content (AvgIpc) is 2.63. The number of aryl methyl sites for hydroxylation is 1. The van der Waals surface area contributed by atoms with E-state index in [0.717, 1.165) is 35.5 Å². The molecule has 1 fully saturated rings. The molecule has 1 atom stereocenters. The minimum atomic E-state index is -0.246. The van der Waals surface area contributed by atoms with Crippen LogP contribution in [0.25, 0.3) is 0 Å². The maximum absolute atomic E-state index is 13.6. The number of hydrogen-bond acceptors (Lipinski definition) is 3. The second kappa shape index (κ2) is 10.0. The van der Waals surface area contributed by atoms with E-state index in [2.05, 4.69) is 35.4 Å². The third kappa shape index (κ3) is 5.31. The smallest absolute Gasteiger partial charge is 0.238 e. The minimum absolute atomic E-state index is 0. The summed E-state index contributed by atoms with van der Waals surface area (Å²) in [6.07, 6.45) is 0. The van der Waals surface area contributed by atoms with E-state index < -0.39 is 0 Å². The van der Waals surface area contributed by atoms with Crippen LogP contribution in [0.15, 0.2) is 42.5 Å². The van der Waals surface area contributed by atoms with Crippen molar-refractivity contribution in [2.75, 3.05) is 31.5 Å². The number of hydrogen-bond donors (Lipinski definition) is 2. The first-order valence-corrected chi connectivity index (χ1v) is 9.55. The van der Waals surface area contributed by atoms with E-state index >= 15 is 0 Å². The fourth-order valence-electron chi connectivity index (χ4n) is 3.68. The molecule has 2 aromatic carbocycles. The van der Waals surface area contributed by atoms with Crippen LogP contribution in [-0.4, -0.2) is 37.0 Å². The Hall–Kier alpha value is -1.95. The summed E-state index contributed by atoms with van der Waals surface area (Å²) in [6, 6.07) is 12.7. The monoisotopic (exact) mass is 405 g/mol. The van der Waals surface area contributed by atoms with Crippen LogP contribution in [0, 0.1) is 12.7 Å². The number of nitrogens with zero attached hydrogens (tertiary/aromatic N) is 1. The van der Waals surface area contributed by atoms with Crippen molar-refractivity contribution in [1.82, 2.24) is 10.2 Å². The first-order chi connectivity index (χ1) is 13.0. The zero-order valence-electron chi connectivity index (χ0n) is 16.7. The third-order valence-corrected chi connectivity index (χ3v) is 5.13. The molecule has 0 aliphatic carbocycles. The summed E-state index contributed by atoms with van der Waals surface area (Å²) in [6.45, 7) is 8.83. The molecule has 4 nitrogen and oxygen atoms in total. The highest BCUT2D eigenvalue weighted by atomic mass is 35.5. The molecule has 1 amide bonds. The van der Waals surface area contributed by atoms with Crippen molar-refractivity contribution in [2.45, 2.75) is 32.7 Å². The van der Waals surface area contributed by atoms with E-state index in [9.17, 15) is 9.18 Å². The zero-order valence-corrected chi connectivity index (χ0v) is 17.5. The van der Waals surface area contributed by atoms with Gasteiger partial charge in [0.25, 0.3) is 0 Å². The van der Waals surface area contributed by atoms with Crippen LogP contribution in [0.2, 0.25) is 0 Å². The van der Waals surface area contributed by atoms with Gasteiger partial charge >= 0.3 is 0 Å².